The number of nitrogens with zero attached hydrogens (tertiary/aromatic N) is 5. The quantitative estimate of drug-likeness (QED) is 0.842. The Labute approximate surface area is 155 Å². The average Bonchev–Trinajstić information content (AvgIpc) is 3.08. The average molecular weight is 355 g/mol. The molecule has 140 valence electrons. The number of tetrazole rings is 1. The number of hydrogen-bond donors (Lipinski definition) is 0. The van der Waals surface area contributed by atoms with Crippen molar-refractivity contribution < 1.29 is 4.74 Å². The van der Waals surface area contributed by atoms with Crippen LogP contribution in [0.3, 0.4) is 0 Å². The van der Waals surface area contributed by atoms with E-state index in [1.165, 1.54) is 43.2 Å². The van der Waals surface area contributed by atoms with E-state index in [1.807, 2.05) is 0 Å². The summed E-state index contributed by atoms with van der Waals surface area (Å²) in [6, 6.07) is 7.10. The van der Waals surface area contributed by atoms with Crippen molar-refractivity contribution in [3.8, 4) is 5.75 Å². The van der Waals surface area contributed by atoms with Crippen molar-refractivity contribution in [3.05, 3.63) is 35.2 Å². The van der Waals surface area contributed by atoms with Gasteiger partial charge in [0, 0.05) is 13.1 Å². The van der Waals surface area contributed by atoms with Crippen LogP contribution >= 0.6 is 0 Å². The van der Waals surface area contributed by atoms with Crippen LogP contribution in [0.25, 0.3) is 0 Å². The molecule has 1 fully saturated rings. The third kappa shape index (κ3) is 3.34. The predicted molar refractivity (Wildman–Crippen MR) is 100 cm³/mol. The highest BCUT2D eigenvalue weighted by Gasteiger charge is 2.28. The number of fused-ring (bicyclic) bond motifs is 1. The van der Waals surface area contributed by atoms with Gasteiger partial charge in [-0.1, -0.05) is 31.4 Å². The summed E-state index contributed by atoms with van der Waals surface area (Å²) in [7, 11) is 1.76. The van der Waals surface area contributed by atoms with Crippen molar-refractivity contribution in [2.45, 2.75) is 64.0 Å². The largest absolute Gasteiger partial charge is 0.496 e. The van der Waals surface area contributed by atoms with Gasteiger partial charge >= 0.3 is 0 Å². The van der Waals surface area contributed by atoms with Crippen molar-refractivity contribution in [1.29, 1.82) is 0 Å². The molecule has 0 amide bonds. The maximum atomic E-state index is 5.58. The predicted octanol–water partition coefficient (Wildman–Crippen LogP) is 3.35. The number of ether oxygens (including phenoxy) is 1. The molecule has 2 aromatic rings. The molecule has 1 aromatic carbocycles. The lowest BCUT2D eigenvalue weighted by molar-refractivity contribution is 0.198. The molecule has 1 aromatic heterocycles. The molecule has 1 atom stereocenters. The summed E-state index contributed by atoms with van der Waals surface area (Å²) in [4.78, 5) is 2.52. The van der Waals surface area contributed by atoms with E-state index in [-0.39, 0.29) is 6.04 Å². The Morgan fingerprint density at radius 2 is 1.92 bits per heavy atom. The Morgan fingerprint density at radius 3 is 2.73 bits per heavy atom. The Bertz CT molecular complexity index is 738. The Morgan fingerprint density at radius 1 is 1.12 bits per heavy atom. The summed E-state index contributed by atoms with van der Waals surface area (Å²) in [5.74, 6) is 2.04. The maximum Gasteiger partial charge on any atom is 0.168 e. The Hall–Kier alpha value is -1.95. The summed E-state index contributed by atoms with van der Waals surface area (Å²) in [6.07, 6.45) is 8.38. The van der Waals surface area contributed by atoms with Crippen LogP contribution in [0.5, 0.6) is 5.75 Å². The van der Waals surface area contributed by atoms with E-state index in [4.69, 9.17) is 4.74 Å². The fourth-order valence-corrected chi connectivity index (χ4v) is 4.56. The standard InChI is InChI=1S/C20H29N5O/c1-15(20-21-22-23-25(20)17-8-4-3-5-9-17)24-13-11-16-7-6-10-19(26-2)18(16)12-14-24/h6-7,10,15,17H,3-5,8-9,11-14H2,1-2H3. The molecule has 4 rings (SSSR count). The lowest BCUT2D eigenvalue weighted by Crippen LogP contribution is -2.32. The Kier molecular flexibility index (Phi) is 5.20. The van der Waals surface area contributed by atoms with Gasteiger partial charge in [-0.2, -0.15) is 0 Å². The van der Waals surface area contributed by atoms with Gasteiger partial charge in [-0.3, -0.25) is 4.90 Å². The van der Waals surface area contributed by atoms with Gasteiger partial charge in [0.15, 0.2) is 5.82 Å². The van der Waals surface area contributed by atoms with Gasteiger partial charge in [0.2, 0.25) is 0 Å². The third-order valence-corrected chi connectivity index (χ3v) is 6.13. The molecule has 0 N–H and O–H groups in total. The number of benzene rings is 1. The molecule has 0 bridgehead atoms. The molecular weight excluding hydrogens is 326 g/mol. The summed E-state index contributed by atoms with van der Waals surface area (Å²) < 4.78 is 7.69. The summed E-state index contributed by atoms with van der Waals surface area (Å²) in [5, 5.41) is 12.8. The molecule has 26 heavy (non-hydrogen) atoms. The number of hydrogen-bond acceptors (Lipinski definition) is 5. The number of methoxy groups -OCH3 is 1. The second-order valence-corrected chi connectivity index (χ2v) is 7.58. The van der Waals surface area contributed by atoms with Crippen molar-refractivity contribution in [3.63, 3.8) is 0 Å². The number of rotatable bonds is 4. The van der Waals surface area contributed by atoms with Crippen LogP contribution in [-0.2, 0) is 12.8 Å². The zero-order valence-corrected chi connectivity index (χ0v) is 15.9. The lowest BCUT2D eigenvalue weighted by Gasteiger charge is -2.29. The van der Waals surface area contributed by atoms with Crippen LogP contribution in [0.15, 0.2) is 18.2 Å². The summed E-state index contributed by atoms with van der Waals surface area (Å²) >= 11 is 0. The van der Waals surface area contributed by atoms with Gasteiger partial charge < -0.3 is 4.74 Å². The lowest BCUT2D eigenvalue weighted by atomic mass is 9.95. The highest BCUT2D eigenvalue weighted by molar-refractivity contribution is 5.41. The van der Waals surface area contributed by atoms with Crippen LogP contribution in [-0.4, -0.2) is 45.3 Å². The normalized spacial score (nSPS) is 20.4. The molecule has 1 unspecified atom stereocenters. The summed E-state index contributed by atoms with van der Waals surface area (Å²) in [5.41, 5.74) is 2.77. The molecular formula is C20H29N5O. The van der Waals surface area contributed by atoms with Gasteiger partial charge in [0.05, 0.1) is 19.2 Å². The van der Waals surface area contributed by atoms with Gasteiger partial charge in [-0.25, -0.2) is 4.68 Å². The van der Waals surface area contributed by atoms with E-state index in [9.17, 15) is 0 Å². The second kappa shape index (κ2) is 7.74. The zero-order chi connectivity index (χ0) is 17.9. The van der Waals surface area contributed by atoms with E-state index in [1.54, 1.807) is 7.11 Å². The molecule has 2 aliphatic rings. The van der Waals surface area contributed by atoms with E-state index in [0.29, 0.717) is 6.04 Å². The molecule has 1 aliphatic heterocycles. The first-order valence-corrected chi connectivity index (χ1v) is 9.94. The molecule has 1 aliphatic carbocycles. The van der Waals surface area contributed by atoms with Crippen LogP contribution in [0.4, 0.5) is 0 Å². The van der Waals surface area contributed by atoms with Gasteiger partial charge in [-0.05, 0) is 60.2 Å². The molecule has 1 saturated carbocycles. The van der Waals surface area contributed by atoms with E-state index >= 15 is 0 Å². The highest BCUT2D eigenvalue weighted by Crippen LogP contribution is 2.32. The van der Waals surface area contributed by atoms with Gasteiger partial charge in [0.1, 0.15) is 5.75 Å². The second-order valence-electron chi connectivity index (χ2n) is 7.58. The van der Waals surface area contributed by atoms with Crippen LogP contribution < -0.4 is 4.74 Å². The maximum absolute atomic E-state index is 5.58. The molecule has 0 radical (unpaired) electrons. The third-order valence-electron chi connectivity index (χ3n) is 6.13. The van der Waals surface area contributed by atoms with E-state index in [0.717, 1.165) is 37.5 Å². The van der Waals surface area contributed by atoms with Gasteiger partial charge in [0.25, 0.3) is 0 Å². The molecule has 6 heteroatoms. The van der Waals surface area contributed by atoms with Crippen LogP contribution in [0, 0.1) is 0 Å². The molecule has 0 spiro atoms. The molecule has 2 heterocycles. The zero-order valence-electron chi connectivity index (χ0n) is 15.9. The highest BCUT2D eigenvalue weighted by atomic mass is 16.5. The minimum Gasteiger partial charge on any atom is -0.496 e. The fourth-order valence-electron chi connectivity index (χ4n) is 4.56. The Balaban J connectivity index is 1.51. The SMILES string of the molecule is COc1cccc2c1CCN(C(C)c1nnnn1C1CCCCC1)CC2. The van der Waals surface area contributed by atoms with E-state index in [2.05, 4.69) is 50.2 Å². The van der Waals surface area contributed by atoms with Crippen LogP contribution in [0.2, 0.25) is 0 Å². The van der Waals surface area contributed by atoms with E-state index < -0.39 is 0 Å². The minimum atomic E-state index is 0.229. The summed E-state index contributed by atoms with van der Waals surface area (Å²) in [6.45, 7) is 4.28. The number of aromatic nitrogens is 4. The van der Waals surface area contributed by atoms with Crippen molar-refractivity contribution >= 4 is 0 Å². The minimum absolute atomic E-state index is 0.229. The topological polar surface area (TPSA) is 56.1 Å². The molecule has 6 nitrogen and oxygen atoms in total. The van der Waals surface area contributed by atoms with Crippen molar-refractivity contribution in [2.75, 3.05) is 20.2 Å². The first-order chi connectivity index (χ1) is 12.8. The molecule has 0 saturated heterocycles. The van der Waals surface area contributed by atoms with Crippen molar-refractivity contribution in [1.82, 2.24) is 25.1 Å². The first kappa shape index (κ1) is 17.5. The van der Waals surface area contributed by atoms with Crippen molar-refractivity contribution in [2.24, 2.45) is 0 Å². The first-order valence-electron chi connectivity index (χ1n) is 9.94. The van der Waals surface area contributed by atoms with Gasteiger partial charge in [-0.15, -0.1) is 5.10 Å². The monoisotopic (exact) mass is 355 g/mol. The fraction of sp³-hybridized carbons (Fsp3) is 0.650. The van der Waals surface area contributed by atoms with Crippen LogP contribution in [0.1, 0.15) is 68.1 Å². The smallest absolute Gasteiger partial charge is 0.168 e.